The van der Waals surface area contributed by atoms with Gasteiger partial charge in [-0.1, -0.05) is 29.9 Å². The molecule has 0 aliphatic heterocycles. The van der Waals surface area contributed by atoms with Gasteiger partial charge in [0.1, 0.15) is 0 Å². The lowest BCUT2D eigenvalue weighted by atomic mass is 10.1. The standard InChI is InChI=1S/C11H16/c1-9(2)7-8-11-6-4-5-10(11)3/h7-8H,3-6H2,1-2H3/b11-8-. The monoisotopic (exact) mass is 148 g/mol. The summed E-state index contributed by atoms with van der Waals surface area (Å²) < 4.78 is 0. The molecule has 0 saturated heterocycles. The number of allylic oxidation sites excluding steroid dienone is 5. The van der Waals surface area contributed by atoms with Gasteiger partial charge in [-0.15, -0.1) is 0 Å². The van der Waals surface area contributed by atoms with Crippen molar-refractivity contribution in [1.29, 1.82) is 0 Å². The molecule has 1 rings (SSSR count). The zero-order chi connectivity index (χ0) is 8.27. The molecule has 60 valence electrons. The van der Waals surface area contributed by atoms with E-state index < -0.39 is 0 Å². The van der Waals surface area contributed by atoms with E-state index in [0.29, 0.717) is 0 Å². The van der Waals surface area contributed by atoms with Gasteiger partial charge in [0, 0.05) is 0 Å². The predicted octanol–water partition coefficient (Wildman–Crippen LogP) is 3.62. The molecule has 0 amide bonds. The fourth-order valence-corrected chi connectivity index (χ4v) is 1.30. The van der Waals surface area contributed by atoms with Crippen molar-refractivity contribution in [3.8, 4) is 0 Å². The molecule has 0 bridgehead atoms. The van der Waals surface area contributed by atoms with E-state index in [1.54, 1.807) is 0 Å². The highest BCUT2D eigenvalue weighted by Crippen LogP contribution is 2.28. The Hall–Kier alpha value is -0.780. The van der Waals surface area contributed by atoms with Crippen molar-refractivity contribution >= 4 is 0 Å². The Kier molecular flexibility index (Phi) is 2.70. The van der Waals surface area contributed by atoms with Crippen molar-refractivity contribution in [3.63, 3.8) is 0 Å². The van der Waals surface area contributed by atoms with E-state index in [-0.39, 0.29) is 0 Å². The average molecular weight is 148 g/mol. The normalized spacial score (nSPS) is 20.9. The van der Waals surface area contributed by atoms with Crippen molar-refractivity contribution in [2.24, 2.45) is 0 Å². The van der Waals surface area contributed by atoms with Gasteiger partial charge >= 0.3 is 0 Å². The van der Waals surface area contributed by atoms with Gasteiger partial charge in [0.05, 0.1) is 0 Å². The highest BCUT2D eigenvalue weighted by atomic mass is 14.1. The summed E-state index contributed by atoms with van der Waals surface area (Å²) in [6, 6.07) is 0. The Bertz CT molecular complexity index is 212. The summed E-state index contributed by atoms with van der Waals surface area (Å²) in [5.74, 6) is 0. The van der Waals surface area contributed by atoms with Crippen molar-refractivity contribution in [3.05, 3.63) is 35.5 Å². The van der Waals surface area contributed by atoms with Crippen LogP contribution in [0.4, 0.5) is 0 Å². The van der Waals surface area contributed by atoms with Crippen LogP contribution in [-0.4, -0.2) is 0 Å². The van der Waals surface area contributed by atoms with Crippen LogP contribution in [0.25, 0.3) is 0 Å². The van der Waals surface area contributed by atoms with Gasteiger partial charge in [0.2, 0.25) is 0 Å². The molecule has 0 atom stereocenters. The average Bonchev–Trinajstić information content (AvgIpc) is 2.31. The van der Waals surface area contributed by atoms with Gasteiger partial charge in [0.25, 0.3) is 0 Å². The van der Waals surface area contributed by atoms with E-state index in [4.69, 9.17) is 0 Å². The maximum Gasteiger partial charge on any atom is -0.0273 e. The lowest BCUT2D eigenvalue weighted by Crippen LogP contribution is -1.74. The second-order valence-electron chi connectivity index (χ2n) is 3.39. The zero-order valence-corrected chi connectivity index (χ0v) is 7.48. The van der Waals surface area contributed by atoms with Crippen molar-refractivity contribution in [1.82, 2.24) is 0 Å². The number of rotatable bonds is 1. The van der Waals surface area contributed by atoms with Gasteiger partial charge < -0.3 is 0 Å². The van der Waals surface area contributed by atoms with Gasteiger partial charge in [-0.3, -0.25) is 0 Å². The van der Waals surface area contributed by atoms with E-state index in [9.17, 15) is 0 Å². The Balaban J connectivity index is 2.66. The molecule has 1 aliphatic rings. The van der Waals surface area contributed by atoms with Crippen LogP contribution in [0.1, 0.15) is 33.1 Å². The van der Waals surface area contributed by atoms with Crippen LogP contribution in [0.3, 0.4) is 0 Å². The molecule has 0 unspecified atom stereocenters. The SMILES string of the molecule is C=C1CCC/C1=C/C=C(C)C. The summed E-state index contributed by atoms with van der Waals surface area (Å²) in [7, 11) is 0. The number of hydrogen-bond donors (Lipinski definition) is 0. The molecule has 0 heteroatoms. The molecule has 0 spiro atoms. The molecule has 0 radical (unpaired) electrons. The highest BCUT2D eigenvalue weighted by molar-refractivity contribution is 5.35. The fourth-order valence-electron chi connectivity index (χ4n) is 1.30. The van der Waals surface area contributed by atoms with Crippen molar-refractivity contribution < 1.29 is 0 Å². The van der Waals surface area contributed by atoms with Crippen LogP contribution in [0, 0.1) is 0 Å². The number of hydrogen-bond acceptors (Lipinski definition) is 0. The first-order valence-corrected chi connectivity index (χ1v) is 4.22. The van der Waals surface area contributed by atoms with E-state index in [1.165, 1.54) is 36.0 Å². The third kappa shape index (κ3) is 2.38. The second-order valence-corrected chi connectivity index (χ2v) is 3.39. The molecule has 0 N–H and O–H groups in total. The van der Waals surface area contributed by atoms with Gasteiger partial charge in [-0.25, -0.2) is 0 Å². The van der Waals surface area contributed by atoms with Crippen LogP contribution in [0.15, 0.2) is 35.5 Å². The van der Waals surface area contributed by atoms with Crippen molar-refractivity contribution in [2.75, 3.05) is 0 Å². The Labute approximate surface area is 69.3 Å². The van der Waals surface area contributed by atoms with E-state index in [0.717, 1.165) is 0 Å². The van der Waals surface area contributed by atoms with Gasteiger partial charge in [-0.2, -0.15) is 0 Å². The molecule has 0 aromatic heterocycles. The molecule has 1 aliphatic carbocycles. The fraction of sp³-hybridized carbons (Fsp3) is 0.455. The van der Waals surface area contributed by atoms with E-state index in [2.05, 4.69) is 32.6 Å². The third-order valence-corrected chi connectivity index (χ3v) is 2.00. The smallest absolute Gasteiger partial charge is 0.0273 e. The maximum atomic E-state index is 4.02. The molecule has 1 saturated carbocycles. The summed E-state index contributed by atoms with van der Waals surface area (Å²) in [6.45, 7) is 8.26. The van der Waals surface area contributed by atoms with Crippen LogP contribution in [0.2, 0.25) is 0 Å². The topological polar surface area (TPSA) is 0 Å². The first kappa shape index (κ1) is 8.32. The minimum atomic E-state index is 1.20. The van der Waals surface area contributed by atoms with Crippen LogP contribution in [0.5, 0.6) is 0 Å². The molecule has 1 fully saturated rings. The maximum absolute atomic E-state index is 4.02. The first-order valence-electron chi connectivity index (χ1n) is 4.22. The Morgan fingerprint density at radius 2 is 2.09 bits per heavy atom. The second kappa shape index (κ2) is 3.56. The van der Waals surface area contributed by atoms with E-state index in [1.807, 2.05) is 0 Å². The molecular weight excluding hydrogens is 132 g/mol. The molecule has 0 aromatic carbocycles. The van der Waals surface area contributed by atoms with E-state index >= 15 is 0 Å². The molecule has 0 aromatic rings. The predicted molar refractivity (Wildman–Crippen MR) is 50.5 cm³/mol. The van der Waals surface area contributed by atoms with Crippen LogP contribution >= 0.6 is 0 Å². The highest BCUT2D eigenvalue weighted by Gasteiger charge is 2.09. The van der Waals surface area contributed by atoms with Gasteiger partial charge in [-0.05, 0) is 38.7 Å². The Morgan fingerprint density at radius 3 is 2.55 bits per heavy atom. The lowest BCUT2D eigenvalue weighted by molar-refractivity contribution is 0.933. The molecular formula is C11H16. The first-order chi connectivity index (χ1) is 5.20. The van der Waals surface area contributed by atoms with Crippen LogP contribution < -0.4 is 0 Å². The van der Waals surface area contributed by atoms with Crippen molar-refractivity contribution in [2.45, 2.75) is 33.1 Å². The van der Waals surface area contributed by atoms with Crippen LogP contribution in [-0.2, 0) is 0 Å². The molecule has 0 nitrogen and oxygen atoms in total. The minimum absolute atomic E-state index is 1.20. The summed E-state index contributed by atoms with van der Waals surface area (Å²) in [5, 5.41) is 0. The minimum Gasteiger partial charge on any atom is -0.0956 e. The summed E-state index contributed by atoms with van der Waals surface area (Å²) in [6.07, 6.45) is 8.10. The summed E-state index contributed by atoms with van der Waals surface area (Å²) in [5.41, 5.74) is 4.14. The Morgan fingerprint density at radius 1 is 1.36 bits per heavy atom. The zero-order valence-electron chi connectivity index (χ0n) is 7.48. The quantitative estimate of drug-likeness (QED) is 0.532. The lowest BCUT2D eigenvalue weighted by Gasteiger charge is -1.94. The molecule has 11 heavy (non-hydrogen) atoms. The molecule has 0 heterocycles. The largest absolute Gasteiger partial charge is 0.0956 e. The van der Waals surface area contributed by atoms with Gasteiger partial charge in [0.15, 0.2) is 0 Å². The summed E-state index contributed by atoms with van der Waals surface area (Å²) in [4.78, 5) is 0. The third-order valence-electron chi connectivity index (χ3n) is 2.00. The summed E-state index contributed by atoms with van der Waals surface area (Å²) >= 11 is 0.